The lowest BCUT2D eigenvalue weighted by Crippen LogP contribution is -2.28. The maximum absolute atomic E-state index is 10.1. The van der Waals surface area contributed by atoms with Crippen molar-refractivity contribution in [2.24, 2.45) is 0 Å². The fourth-order valence-electron chi connectivity index (χ4n) is 3.19. The molecule has 0 saturated carbocycles. The molecule has 2 aromatic heterocycles. The van der Waals surface area contributed by atoms with Crippen molar-refractivity contribution in [1.82, 2.24) is 19.7 Å². The molecular weight excluding hydrogens is 344 g/mol. The van der Waals surface area contributed by atoms with E-state index in [4.69, 9.17) is 9.15 Å². The first-order valence-electron chi connectivity index (χ1n) is 9.31. The van der Waals surface area contributed by atoms with Crippen molar-refractivity contribution >= 4 is 0 Å². The molecule has 1 unspecified atom stereocenters. The highest BCUT2D eigenvalue weighted by molar-refractivity contribution is 5.45. The van der Waals surface area contributed by atoms with Crippen LogP contribution in [-0.4, -0.2) is 44.0 Å². The third-order valence-corrected chi connectivity index (χ3v) is 4.74. The first kappa shape index (κ1) is 17.8. The van der Waals surface area contributed by atoms with Crippen molar-refractivity contribution < 1.29 is 14.3 Å². The summed E-state index contributed by atoms with van der Waals surface area (Å²) in [5.41, 5.74) is 1.17. The van der Waals surface area contributed by atoms with Gasteiger partial charge in [0.2, 0.25) is 5.82 Å². The number of benzene rings is 1. The molecule has 0 amide bonds. The Morgan fingerprint density at radius 3 is 2.93 bits per heavy atom. The number of ether oxygens (including phenoxy) is 1. The summed E-state index contributed by atoms with van der Waals surface area (Å²) in [5.74, 6) is 2.93. The van der Waals surface area contributed by atoms with Crippen molar-refractivity contribution in [3.63, 3.8) is 0 Å². The Kier molecular flexibility index (Phi) is 5.22. The van der Waals surface area contributed by atoms with Crippen LogP contribution < -0.4 is 4.74 Å². The molecule has 3 heterocycles. The molecule has 0 fully saturated rings. The number of aliphatic hydroxyl groups excluding tert-OH is 1. The van der Waals surface area contributed by atoms with Crippen molar-refractivity contribution in [2.75, 3.05) is 13.2 Å². The van der Waals surface area contributed by atoms with E-state index in [1.54, 1.807) is 10.9 Å². The van der Waals surface area contributed by atoms with Crippen molar-refractivity contribution in [3.05, 3.63) is 54.0 Å². The number of aromatic nitrogens is 3. The molecular formula is C20H24N4O3. The minimum atomic E-state index is -0.455. The van der Waals surface area contributed by atoms with Gasteiger partial charge in [0.25, 0.3) is 0 Å². The summed E-state index contributed by atoms with van der Waals surface area (Å²) in [6.07, 6.45) is 1.82. The third-order valence-electron chi connectivity index (χ3n) is 4.74. The Morgan fingerprint density at radius 1 is 1.22 bits per heavy atom. The SMILES string of the molecule is CCC(O)Cn1nc(-c2ccco2)nc1CN1CCOc2ccccc2C1. The average molecular weight is 368 g/mol. The fourth-order valence-corrected chi connectivity index (χ4v) is 3.19. The van der Waals surface area contributed by atoms with E-state index in [0.717, 1.165) is 24.7 Å². The number of hydrogen-bond acceptors (Lipinski definition) is 6. The van der Waals surface area contributed by atoms with E-state index < -0.39 is 6.10 Å². The zero-order valence-electron chi connectivity index (χ0n) is 15.4. The molecule has 0 radical (unpaired) electrons. The van der Waals surface area contributed by atoms with Gasteiger partial charge in [-0.05, 0) is 24.6 Å². The molecule has 0 spiro atoms. The number of fused-ring (bicyclic) bond motifs is 1. The first-order valence-corrected chi connectivity index (χ1v) is 9.31. The number of aliphatic hydroxyl groups is 1. The van der Waals surface area contributed by atoms with Gasteiger partial charge in [-0.15, -0.1) is 5.10 Å². The number of hydrogen-bond donors (Lipinski definition) is 1. The first-order chi connectivity index (χ1) is 13.2. The smallest absolute Gasteiger partial charge is 0.217 e. The molecule has 7 nitrogen and oxygen atoms in total. The molecule has 1 aromatic carbocycles. The van der Waals surface area contributed by atoms with Gasteiger partial charge in [0.15, 0.2) is 5.76 Å². The highest BCUT2D eigenvalue weighted by Crippen LogP contribution is 2.24. The summed E-state index contributed by atoms with van der Waals surface area (Å²) in [4.78, 5) is 6.97. The molecule has 3 aromatic rings. The van der Waals surface area contributed by atoms with Gasteiger partial charge >= 0.3 is 0 Å². The Balaban J connectivity index is 1.58. The minimum absolute atomic E-state index is 0.417. The Bertz CT molecular complexity index is 875. The predicted molar refractivity (Wildman–Crippen MR) is 100 cm³/mol. The van der Waals surface area contributed by atoms with Crippen LogP contribution in [0.5, 0.6) is 5.75 Å². The lowest BCUT2D eigenvalue weighted by Gasteiger charge is -2.19. The normalized spacial score (nSPS) is 15.8. The lowest BCUT2D eigenvalue weighted by molar-refractivity contribution is 0.140. The van der Waals surface area contributed by atoms with E-state index >= 15 is 0 Å². The maximum atomic E-state index is 10.1. The van der Waals surface area contributed by atoms with Crippen LogP contribution in [0.15, 0.2) is 47.1 Å². The maximum Gasteiger partial charge on any atom is 0.217 e. The van der Waals surface area contributed by atoms with Crippen LogP contribution in [0, 0.1) is 0 Å². The van der Waals surface area contributed by atoms with Crippen LogP contribution in [-0.2, 0) is 19.6 Å². The summed E-state index contributed by atoms with van der Waals surface area (Å²) >= 11 is 0. The molecule has 1 aliphatic rings. The number of rotatable bonds is 6. The van der Waals surface area contributed by atoms with Gasteiger partial charge in [0, 0.05) is 18.7 Å². The largest absolute Gasteiger partial charge is 0.492 e. The average Bonchev–Trinajstić information content (AvgIpc) is 3.28. The Labute approximate surface area is 158 Å². The van der Waals surface area contributed by atoms with Gasteiger partial charge in [0.05, 0.1) is 25.5 Å². The van der Waals surface area contributed by atoms with Crippen LogP contribution in [0.1, 0.15) is 24.7 Å². The van der Waals surface area contributed by atoms with E-state index in [-0.39, 0.29) is 0 Å². The molecule has 142 valence electrons. The second-order valence-corrected chi connectivity index (χ2v) is 6.74. The standard InChI is InChI=1S/C20H24N4O3/c1-2-16(25)13-24-19(21-20(22-24)18-8-5-10-26-18)14-23-9-11-27-17-7-4-3-6-15(17)12-23/h3-8,10,16,25H,2,9,11-14H2,1H3. The molecule has 1 atom stereocenters. The van der Waals surface area contributed by atoms with E-state index in [1.165, 1.54) is 5.56 Å². The van der Waals surface area contributed by atoms with Gasteiger partial charge in [-0.25, -0.2) is 9.67 Å². The highest BCUT2D eigenvalue weighted by Gasteiger charge is 2.20. The van der Waals surface area contributed by atoms with E-state index in [2.05, 4.69) is 21.0 Å². The quantitative estimate of drug-likeness (QED) is 0.721. The summed E-state index contributed by atoms with van der Waals surface area (Å²) in [6, 6.07) is 11.8. The molecule has 1 aliphatic heterocycles. The van der Waals surface area contributed by atoms with E-state index in [9.17, 15) is 5.11 Å². The summed E-state index contributed by atoms with van der Waals surface area (Å²) in [7, 11) is 0. The van der Waals surface area contributed by atoms with E-state index in [0.29, 0.717) is 37.7 Å². The van der Waals surface area contributed by atoms with Crippen molar-refractivity contribution in [1.29, 1.82) is 0 Å². The highest BCUT2D eigenvalue weighted by atomic mass is 16.5. The van der Waals surface area contributed by atoms with Gasteiger partial charge in [-0.2, -0.15) is 0 Å². The summed E-state index contributed by atoms with van der Waals surface area (Å²) < 4.78 is 13.1. The minimum Gasteiger partial charge on any atom is -0.492 e. The van der Waals surface area contributed by atoms with Crippen LogP contribution in [0.2, 0.25) is 0 Å². The van der Waals surface area contributed by atoms with Crippen molar-refractivity contribution in [3.8, 4) is 17.3 Å². The van der Waals surface area contributed by atoms with Gasteiger partial charge in [-0.3, -0.25) is 4.90 Å². The van der Waals surface area contributed by atoms with Crippen molar-refractivity contribution in [2.45, 2.75) is 39.1 Å². The number of para-hydroxylation sites is 1. The van der Waals surface area contributed by atoms with Crippen LogP contribution >= 0.6 is 0 Å². The Hall–Kier alpha value is -2.64. The topological polar surface area (TPSA) is 76.5 Å². The predicted octanol–water partition coefficient (Wildman–Crippen LogP) is 2.70. The van der Waals surface area contributed by atoms with Gasteiger partial charge < -0.3 is 14.3 Å². The Morgan fingerprint density at radius 2 is 2.11 bits per heavy atom. The molecule has 0 aliphatic carbocycles. The monoisotopic (exact) mass is 368 g/mol. The summed E-state index contributed by atoms with van der Waals surface area (Å²) in [6.45, 7) is 5.22. The van der Waals surface area contributed by atoms with Gasteiger partial charge in [0.1, 0.15) is 18.2 Å². The number of nitrogens with zero attached hydrogens (tertiary/aromatic N) is 4. The molecule has 1 N–H and O–H groups in total. The second-order valence-electron chi connectivity index (χ2n) is 6.74. The molecule has 0 bridgehead atoms. The van der Waals surface area contributed by atoms with E-state index in [1.807, 2.05) is 37.3 Å². The van der Waals surface area contributed by atoms with Crippen LogP contribution in [0.3, 0.4) is 0 Å². The lowest BCUT2D eigenvalue weighted by atomic mass is 10.2. The van der Waals surface area contributed by atoms with Crippen LogP contribution in [0.4, 0.5) is 0 Å². The zero-order chi connectivity index (χ0) is 18.6. The van der Waals surface area contributed by atoms with Gasteiger partial charge in [-0.1, -0.05) is 25.1 Å². The zero-order valence-corrected chi connectivity index (χ0v) is 15.4. The fraction of sp³-hybridized carbons (Fsp3) is 0.400. The molecule has 4 rings (SSSR count). The van der Waals surface area contributed by atoms with Crippen LogP contribution in [0.25, 0.3) is 11.6 Å². The number of furan rings is 1. The molecule has 0 saturated heterocycles. The molecule has 7 heteroatoms. The third kappa shape index (κ3) is 4.04. The summed E-state index contributed by atoms with van der Waals surface area (Å²) in [5, 5.41) is 14.7. The second kappa shape index (κ2) is 7.94. The molecule has 27 heavy (non-hydrogen) atoms.